The molecule has 4 heteroatoms. The summed E-state index contributed by atoms with van der Waals surface area (Å²) < 4.78 is 5.55. The Kier molecular flexibility index (Phi) is 6.38. The molecule has 0 aliphatic rings. The molecule has 128 valence electrons. The lowest BCUT2D eigenvalue weighted by Crippen LogP contribution is -2.41. The maximum absolute atomic E-state index is 12.3. The van der Waals surface area contributed by atoms with Crippen LogP contribution in [0.4, 0.5) is 0 Å². The predicted molar refractivity (Wildman–Crippen MR) is 94.9 cm³/mol. The Morgan fingerprint density at radius 3 is 2.33 bits per heavy atom. The van der Waals surface area contributed by atoms with E-state index in [4.69, 9.17) is 4.74 Å². The third-order valence-corrected chi connectivity index (χ3v) is 4.30. The highest BCUT2D eigenvalue weighted by molar-refractivity contribution is 5.77. The first kappa shape index (κ1) is 18.0. The first-order chi connectivity index (χ1) is 11.5. The van der Waals surface area contributed by atoms with E-state index in [1.54, 1.807) is 7.05 Å². The third-order valence-electron chi connectivity index (χ3n) is 4.30. The zero-order valence-electron chi connectivity index (χ0n) is 14.5. The Morgan fingerprint density at radius 2 is 1.75 bits per heavy atom. The molecule has 0 bridgehead atoms. The number of amides is 1. The standard InChI is InChI=1S/C20H25NO3/c1-4-16-10-12-18(13-11-16)24-14-19(22)21(3)15(2)20(23)17-8-6-5-7-9-17/h5-13,15,20,23H,4,14H2,1-3H3. The van der Waals surface area contributed by atoms with Crippen LogP contribution in [0.5, 0.6) is 5.75 Å². The third kappa shape index (κ3) is 4.59. The quantitative estimate of drug-likeness (QED) is 0.849. The van der Waals surface area contributed by atoms with Crippen molar-refractivity contribution in [2.24, 2.45) is 0 Å². The van der Waals surface area contributed by atoms with Gasteiger partial charge in [-0.25, -0.2) is 0 Å². The van der Waals surface area contributed by atoms with E-state index >= 15 is 0 Å². The highest BCUT2D eigenvalue weighted by atomic mass is 16.5. The maximum Gasteiger partial charge on any atom is 0.260 e. The fourth-order valence-corrected chi connectivity index (χ4v) is 2.44. The molecule has 4 nitrogen and oxygen atoms in total. The summed E-state index contributed by atoms with van der Waals surface area (Å²) in [4.78, 5) is 13.8. The van der Waals surface area contributed by atoms with Crippen molar-refractivity contribution in [1.29, 1.82) is 0 Å². The van der Waals surface area contributed by atoms with Gasteiger partial charge in [-0.05, 0) is 36.6 Å². The SMILES string of the molecule is CCc1ccc(OCC(=O)N(C)C(C)C(O)c2ccccc2)cc1. The van der Waals surface area contributed by atoms with Crippen molar-refractivity contribution in [3.63, 3.8) is 0 Å². The van der Waals surface area contributed by atoms with Gasteiger partial charge in [0.1, 0.15) is 5.75 Å². The molecule has 0 aromatic heterocycles. The number of aliphatic hydroxyl groups is 1. The molecule has 0 saturated carbocycles. The molecular weight excluding hydrogens is 302 g/mol. The second-order valence-corrected chi connectivity index (χ2v) is 5.89. The second-order valence-electron chi connectivity index (χ2n) is 5.89. The van der Waals surface area contributed by atoms with Gasteiger partial charge >= 0.3 is 0 Å². The van der Waals surface area contributed by atoms with Crippen molar-refractivity contribution in [3.8, 4) is 5.75 Å². The topological polar surface area (TPSA) is 49.8 Å². The Balaban J connectivity index is 1.90. The first-order valence-corrected chi connectivity index (χ1v) is 8.23. The molecule has 0 spiro atoms. The minimum atomic E-state index is -0.732. The second kappa shape index (κ2) is 8.50. The van der Waals surface area contributed by atoms with Gasteiger partial charge in [-0.1, -0.05) is 49.4 Å². The fourth-order valence-electron chi connectivity index (χ4n) is 2.44. The first-order valence-electron chi connectivity index (χ1n) is 8.23. The van der Waals surface area contributed by atoms with E-state index in [0.29, 0.717) is 5.75 Å². The number of likely N-dealkylation sites (N-methyl/N-ethyl adjacent to an activating group) is 1. The van der Waals surface area contributed by atoms with Crippen LogP contribution in [0.15, 0.2) is 54.6 Å². The molecule has 0 heterocycles. The van der Waals surface area contributed by atoms with Crippen LogP contribution in [0.3, 0.4) is 0 Å². The molecule has 2 aromatic rings. The van der Waals surface area contributed by atoms with Gasteiger partial charge in [-0.3, -0.25) is 4.79 Å². The molecule has 24 heavy (non-hydrogen) atoms. The molecule has 2 atom stereocenters. The van der Waals surface area contributed by atoms with Gasteiger partial charge in [-0.2, -0.15) is 0 Å². The number of ether oxygens (including phenoxy) is 1. The Labute approximate surface area is 143 Å². The highest BCUT2D eigenvalue weighted by Gasteiger charge is 2.24. The van der Waals surface area contributed by atoms with Crippen LogP contribution >= 0.6 is 0 Å². The number of hydrogen-bond donors (Lipinski definition) is 1. The lowest BCUT2D eigenvalue weighted by Gasteiger charge is -2.29. The number of benzene rings is 2. The summed E-state index contributed by atoms with van der Waals surface area (Å²) in [5.74, 6) is 0.502. The average Bonchev–Trinajstić information content (AvgIpc) is 2.65. The molecule has 0 saturated heterocycles. The minimum Gasteiger partial charge on any atom is -0.484 e. The lowest BCUT2D eigenvalue weighted by atomic mass is 10.0. The van der Waals surface area contributed by atoms with Crippen molar-refractivity contribution in [3.05, 3.63) is 65.7 Å². The number of hydrogen-bond acceptors (Lipinski definition) is 3. The number of carbonyl (C=O) groups excluding carboxylic acids is 1. The van der Waals surface area contributed by atoms with E-state index in [2.05, 4.69) is 6.92 Å². The average molecular weight is 327 g/mol. The summed E-state index contributed by atoms with van der Waals surface area (Å²) in [5, 5.41) is 10.4. The molecule has 0 radical (unpaired) electrons. The predicted octanol–water partition coefficient (Wildman–Crippen LogP) is 3.21. The Hall–Kier alpha value is -2.33. The van der Waals surface area contributed by atoms with Gasteiger partial charge in [0.2, 0.25) is 0 Å². The summed E-state index contributed by atoms with van der Waals surface area (Å²) in [5.41, 5.74) is 2.02. The molecule has 2 rings (SSSR count). The molecule has 2 unspecified atom stereocenters. The van der Waals surface area contributed by atoms with E-state index < -0.39 is 6.10 Å². The highest BCUT2D eigenvalue weighted by Crippen LogP contribution is 2.20. The zero-order chi connectivity index (χ0) is 17.5. The number of aryl methyl sites for hydroxylation is 1. The molecular formula is C20H25NO3. The van der Waals surface area contributed by atoms with Crippen molar-refractivity contribution >= 4 is 5.91 Å². The summed E-state index contributed by atoms with van der Waals surface area (Å²) >= 11 is 0. The number of carbonyl (C=O) groups is 1. The van der Waals surface area contributed by atoms with Crippen LogP contribution in [0.25, 0.3) is 0 Å². The van der Waals surface area contributed by atoms with E-state index in [0.717, 1.165) is 12.0 Å². The van der Waals surface area contributed by atoms with Gasteiger partial charge in [-0.15, -0.1) is 0 Å². The van der Waals surface area contributed by atoms with E-state index in [1.165, 1.54) is 10.5 Å². The molecule has 0 aliphatic heterocycles. The van der Waals surface area contributed by atoms with Crippen molar-refractivity contribution in [2.75, 3.05) is 13.7 Å². The number of aliphatic hydroxyl groups excluding tert-OH is 1. The smallest absolute Gasteiger partial charge is 0.260 e. The minimum absolute atomic E-state index is 0.0478. The summed E-state index contributed by atoms with van der Waals surface area (Å²) in [6.45, 7) is 3.87. The number of nitrogens with zero attached hydrogens (tertiary/aromatic N) is 1. The molecule has 1 N–H and O–H groups in total. The van der Waals surface area contributed by atoms with Gasteiger partial charge in [0.25, 0.3) is 5.91 Å². The maximum atomic E-state index is 12.3. The zero-order valence-corrected chi connectivity index (χ0v) is 14.5. The van der Waals surface area contributed by atoms with Crippen LogP contribution in [0.1, 0.15) is 31.1 Å². The van der Waals surface area contributed by atoms with Gasteiger partial charge < -0.3 is 14.7 Å². The summed E-state index contributed by atoms with van der Waals surface area (Å²) in [7, 11) is 1.68. The molecule has 0 aliphatic carbocycles. The Bertz CT molecular complexity index is 640. The van der Waals surface area contributed by atoms with Crippen LogP contribution in [0, 0.1) is 0 Å². The fraction of sp³-hybridized carbons (Fsp3) is 0.350. The normalized spacial score (nSPS) is 13.2. The van der Waals surface area contributed by atoms with Crippen LogP contribution in [-0.4, -0.2) is 35.6 Å². The van der Waals surface area contributed by atoms with E-state index in [-0.39, 0.29) is 18.6 Å². The van der Waals surface area contributed by atoms with Crippen molar-refractivity contribution in [1.82, 2.24) is 4.90 Å². The van der Waals surface area contributed by atoms with Crippen LogP contribution < -0.4 is 4.74 Å². The van der Waals surface area contributed by atoms with Gasteiger partial charge in [0.05, 0.1) is 12.1 Å². The van der Waals surface area contributed by atoms with E-state index in [9.17, 15) is 9.90 Å². The van der Waals surface area contributed by atoms with Crippen LogP contribution in [-0.2, 0) is 11.2 Å². The van der Waals surface area contributed by atoms with Crippen LogP contribution in [0.2, 0.25) is 0 Å². The van der Waals surface area contributed by atoms with Gasteiger partial charge in [0, 0.05) is 7.05 Å². The molecule has 2 aromatic carbocycles. The molecule has 0 fully saturated rings. The largest absolute Gasteiger partial charge is 0.484 e. The monoisotopic (exact) mass is 327 g/mol. The molecule has 1 amide bonds. The summed E-state index contributed by atoms with van der Waals surface area (Å²) in [6, 6.07) is 16.7. The van der Waals surface area contributed by atoms with Crippen molar-refractivity contribution < 1.29 is 14.6 Å². The van der Waals surface area contributed by atoms with Crippen molar-refractivity contribution in [2.45, 2.75) is 32.4 Å². The van der Waals surface area contributed by atoms with E-state index in [1.807, 2.05) is 61.5 Å². The lowest BCUT2D eigenvalue weighted by molar-refractivity contribution is -0.136. The van der Waals surface area contributed by atoms with Gasteiger partial charge in [0.15, 0.2) is 6.61 Å². The summed E-state index contributed by atoms with van der Waals surface area (Å²) in [6.07, 6.45) is 0.237. The Morgan fingerprint density at radius 1 is 1.12 bits per heavy atom. The number of rotatable bonds is 7.